The van der Waals surface area contributed by atoms with Gasteiger partial charge in [-0.3, -0.25) is 9.59 Å². The summed E-state index contributed by atoms with van der Waals surface area (Å²) in [6.07, 6.45) is 6.03. The van der Waals surface area contributed by atoms with Gasteiger partial charge >= 0.3 is 5.97 Å². The summed E-state index contributed by atoms with van der Waals surface area (Å²) >= 11 is 0. The SMILES string of the molecule is COc1ccc(C(NC(=O)C(C)NC(=O)CC2CCCCC2)C(=O)O)cc1. The molecule has 1 aromatic rings. The second-order valence-electron chi connectivity index (χ2n) is 7.05. The Balaban J connectivity index is 1.91. The number of carbonyl (C=O) groups excluding carboxylic acids is 2. The number of ether oxygens (including phenoxy) is 1. The molecule has 3 N–H and O–H groups in total. The van der Waals surface area contributed by atoms with Crippen molar-refractivity contribution in [1.29, 1.82) is 0 Å². The van der Waals surface area contributed by atoms with Crippen molar-refractivity contribution in [2.45, 2.75) is 57.5 Å². The summed E-state index contributed by atoms with van der Waals surface area (Å²) < 4.78 is 5.05. The van der Waals surface area contributed by atoms with Gasteiger partial charge in [0.1, 0.15) is 11.8 Å². The highest BCUT2D eigenvalue weighted by Crippen LogP contribution is 2.26. The predicted molar refractivity (Wildman–Crippen MR) is 100 cm³/mol. The molecule has 7 nitrogen and oxygen atoms in total. The van der Waals surface area contributed by atoms with Gasteiger partial charge in [0.25, 0.3) is 0 Å². The molecule has 1 aliphatic carbocycles. The zero-order valence-corrected chi connectivity index (χ0v) is 15.9. The van der Waals surface area contributed by atoms with Crippen molar-refractivity contribution in [3.05, 3.63) is 29.8 Å². The Labute approximate surface area is 159 Å². The summed E-state index contributed by atoms with van der Waals surface area (Å²) in [5.74, 6) is -0.900. The van der Waals surface area contributed by atoms with Crippen molar-refractivity contribution in [1.82, 2.24) is 10.6 Å². The molecule has 148 valence electrons. The number of nitrogens with one attached hydrogen (secondary N) is 2. The lowest BCUT2D eigenvalue weighted by Gasteiger charge is -2.23. The minimum Gasteiger partial charge on any atom is -0.497 e. The number of aliphatic carboxylic acids is 1. The molecule has 1 fully saturated rings. The van der Waals surface area contributed by atoms with Crippen LogP contribution in [0.3, 0.4) is 0 Å². The lowest BCUT2D eigenvalue weighted by Crippen LogP contribution is -2.47. The number of carboxylic acid groups (broad SMARTS) is 1. The van der Waals surface area contributed by atoms with Gasteiger partial charge in [-0.15, -0.1) is 0 Å². The van der Waals surface area contributed by atoms with Gasteiger partial charge < -0.3 is 20.5 Å². The Bertz CT molecular complexity index is 653. The van der Waals surface area contributed by atoms with E-state index in [2.05, 4.69) is 10.6 Å². The number of rotatable bonds is 8. The standard InChI is InChI=1S/C20H28N2O5/c1-13(21-17(23)12-14-6-4-3-5-7-14)19(24)22-18(20(25)26)15-8-10-16(27-2)11-9-15/h8-11,13-14,18H,3-7,12H2,1-2H3,(H,21,23)(H,22,24)(H,25,26). The van der Waals surface area contributed by atoms with E-state index >= 15 is 0 Å². The van der Waals surface area contributed by atoms with Crippen LogP contribution in [0.2, 0.25) is 0 Å². The third-order valence-corrected chi connectivity index (χ3v) is 4.95. The molecule has 2 rings (SSSR count). The maximum absolute atomic E-state index is 12.4. The normalized spacial score (nSPS) is 16.8. The fourth-order valence-corrected chi connectivity index (χ4v) is 3.37. The third kappa shape index (κ3) is 6.27. The number of benzene rings is 1. The Morgan fingerprint density at radius 2 is 1.74 bits per heavy atom. The van der Waals surface area contributed by atoms with E-state index in [1.165, 1.54) is 13.5 Å². The molecule has 2 unspecified atom stereocenters. The predicted octanol–water partition coefficient (Wildman–Crippen LogP) is 2.41. The van der Waals surface area contributed by atoms with Crippen LogP contribution in [0, 0.1) is 5.92 Å². The third-order valence-electron chi connectivity index (χ3n) is 4.95. The smallest absolute Gasteiger partial charge is 0.330 e. The fraction of sp³-hybridized carbons (Fsp3) is 0.550. The van der Waals surface area contributed by atoms with Crippen LogP contribution < -0.4 is 15.4 Å². The lowest BCUT2D eigenvalue weighted by atomic mass is 9.87. The summed E-state index contributed by atoms with van der Waals surface area (Å²) in [6, 6.07) is 4.44. The minimum absolute atomic E-state index is 0.166. The summed E-state index contributed by atoms with van der Waals surface area (Å²) in [5, 5.41) is 14.6. The average molecular weight is 376 g/mol. The van der Waals surface area contributed by atoms with Crippen molar-refractivity contribution in [2.75, 3.05) is 7.11 Å². The van der Waals surface area contributed by atoms with Crippen molar-refractivity contribution in [3.63, 3.8) is 0 Å². The first kappa shape index (κ1) is 20.7. The van der Waals surface area contributed by atoms with Gasteiger partial charge in [-0.25, -0.2) is 4.79 Å². The van der Waals surface area contributed by atoms with Gasteiger partial charge in [-0.1, -0.05) is 31.4 Å². The molecular formula is C20H28N2O5. The van der Waals surface area contributed by atoms with E-state index < -0.39 is 24.0 Å². The Hall–Kier alpha value is -2.57. The number of hydrogen-bond donors (Lipinski definition) is 3. The first-order valence-corrected chi connectivity index (χ1v) is 9.37. The van der Waals surface area contributed by atoms with Gasteiger partial charge in [0, 0.05) is 6.42 Å². The number of amides is 2. The summed E-state index contributed by atoms with van der Waals surface area (Å²) in [5.41, 5.74) is 0.428. The van der Waals surface area contributed by atoms with E-state index in [0.29, 0.717) is 23.7 Å². The highest BCUT2D eigenvalue weighted by molar-refractivity contribution is 5.90. The van der Waals surface area contributed by atoms with Crippen molar-refractivity contribution in [3.8, 4) is 5.75 Å². The topological polar surface area (TPSA) is 105 Å². The molecule has 0 aromatic heterocycles. The average Bonchev–Trinajstić information content (AvgIpc) is 2.66. The summed E-state index contributed by atoms with van der Waals surface area (Å²) in [7, 11) is 1.52. The molecule has 1 aliphatic rings. The first-order valence-electron chi connectivity index (χ1n) is 9.37. The molecule has 0 aliphatic heterocycles. The molecule has 0 heterocycles. The van der Waals surface area contributed by atoms with Gasteiger partial charge in [-0.05, 0) is 43.4 Å². The molecule has 7 heteroatoms. The van der Waals surface area contributed by atoms with Crippen molar-refractivity contribution in [2.24, 2.45) is 5.92 Å². The molecule has 1 aromatic carbocycles. The van der Waals surface area contributed by atoms with E-state index in [0.717, 1.165) is 25.7 Å². The fourth-order valence-electron chi connectivity index (χ4n) is 3.37. The van der Waals surface area contributed by atoms with Gasteiger partial charge in [0.05, 0.1) is 7.11 Å². The Kier molecular flexibility index (Phi) is 7.64. The molecule has 2 amide bonds. The number of hydrogen-bond acceptors (Lipinski definition) is 4. The highest BCUT2D eigenvalue weighted by atomic mass is 16.5. The van der Waals surface area contributed by atoms with E-state index in [1.807, 2.05) is 0 Å². The zero-order valence-electron chi connectivity index (χ0n) is 15.9. The van der Waals surface area contributed by atoms with Gasteiger partial charge in [-0.2, -0.15) is 0 Å². The quantitative estimate of drug-likeness (QED) is 0.646. The lowest BCUT2D eigenvalue weighted by molar-refractivity contribution is -0.142. The second-order valence-corrected chi connectivity index (χ2v) is 7.05. The Morgan fingerprint density at radius 3 is 2.30 bits per heavy atom. The van der Waals surface area contributed by atoms with Crippen LogP contribution in [0.25, 0.3) is 0 Å². The van der Waals surface area contributed by atoms with E-state index in [-0.39, 0.29) is 5.91 Å². The summed E-state index contributed by atoms with van der Waals surface area (Å²) in [4.78, 5) is 36.1. The number of methoxy groups -OCH3 is 1. The van der Waals surface area contributed by atoms with Crippen molar-refractivity contribution >= 4 is 17.8 Å². The van der Waals surface area contributed by atoms with Crippen LogP contribution in [0.5, 0.6) is 5.75 Å². The first-order chi connectivity index (χ1) is 12.9. The maximum Gasteiger partial charge on any atom is 0.330 e. The summed E-state index contributed by atoms with van der Waals surface area (Å²) in [6.45, 7) is 1.56. The molecule has 2 atom stereocenters. The van der Waals surface area contributed by atoms with Crippen LogP contribution in [0.1, 0.15) is 57.1 Å². The van der Waals surface area contributed by atoms with Crippen molar-refractivity contribution < 1.29 is 24.2 Å². The molecule has 27 heavy (non-hydrogen) atoms. The van der Waals surface area contributed by atoms with Crippen LogP contribution in [-0.4, -0.2) is 36.0 Å². The monoisotopic (exact) mass is 376 g/mol. The van der Waals surface area contributed by atoms with Crippen LogP contribution in [-0.2, 0) is 14.4 Å². The van der Waals surface area contributed by atoms with Gasteiger partial charge in [0.2, 0.25) is 11.8 Å². The molecule has 0 spiro atoms. The molecule has 0 saturated heterocycles. The molecule has 1 saturated carbocycles. The molecule has 0 bridgehead atoms. The zero-order chi connectivity index (χ0) is 19.8. The van der Waals surface area contributed by atoms with Crippen LogP contribution in [0.4, 0.5) is 0 Å². The second kappa shape index (κ2) is 9.94. The minimum atomic E-state index is -1.19. The van der Waals surface area contributed by atoms with E-state index in [9.17, 15) is 19.5 Å². The van der Waals surface area contributed by atoms with Crippen LogP contribution >= 0.6 is 0 Å². The van der Waals surface area contributed by atoms with E-state index in [1.54, 1.807) is 31.2 Å². The maximum atomic E-state index is 12.4. The van der Waals surface area contributed by atoms with Gasteiger partial charge in [0.15, 0.2) is 6.04 Å². The number of carbonyl (C=O) groups is 3. The highest BCUT2D eigenvalue weighted by Gasteiger charge is 2.26. The Morgan fingerprint density at radius 1 is 1.11 bits per heavy atom. The molecular weight excluding hydrogens is 348 g/mol. The largest absolute Gasteiger partial charge is 0.497 e. The van der Waals surface area contributed by atoms with E-state index in [4.69, 9.17) is 4.74 Å². The number of carboxylic acids is 1. The van der Waals surface area contributed by atoms with Crippen LogP contribution in [0.15, 0.2) is 24.3 Å². The molecule has 0 radical (unpaired) electrons.